The van der Waals surface area contributed by atoms with E-state index in [0.717, 1.165) is 21.7 Å². The summed E-state index contributed by atoms with van der Waals surface area (Å²) in [5, 5.41) is 11.5. The van der Waals surface area contributed by atoms with Crippen molar-refractivity contribution in [3.8, 4) is 17.0 Å². The Bertz CT molecular complexity index is 1400. The lowest BCUT2D eigenvalue weighted by atomic mass is 10.1. The SMILES string of the molecule is Cc1ccsc1C=Nn1c(-c2ccc3c(c2)NC(=O)CO3)csc1=Nc1ccc(F)cc1. The minimum absolute atomic E-state index is 0.00987. The highest BCUT2D eigenvalue weighted by Gasteiger charge is 2.18. The molecule has 3 heterocycles. The first-order valence-corrected chi connectivity index (χ1v) is 11.5. The van der Waals surface area contributed by atoms with Crippen LogP contribution < -0.4 is 14.9 Å². The summed E-state index contributed by atoms with van der Waals surface area (Å²) in [5.41, 5.74) is 4.05. The van der Waals surface area contributed by atoms with Crippen molar-refractivity contribution in [3.63, 3.8) is 0 Å². The van der Waals surface area contributed by atoms with E-state index in [0.29, 0.717) is 21.9 Å². The van der Waals surface area contributed by atoms with Gasteiger partial charge in [-0.1, -0.05) is 0 Å². The molecule has 9 heteroatoms. The fraction of sp³-hybridized carbons (Fsp3) is 0.0870. The number of amides is 1. The van der Waals surface area contributed by atoms with Crippen LogP contribution in [0.15, 0.2) is 69.4 Å². The standard InChI is InChI=1S/C23H17FN4O2S2/c1-14-8-9-31-21(14)11-25-28-19(13-32-23(28)26-17-5-3-16(24)4-6-17)15-2-7-20-18(10-15)27-22(29)12-30-20/h2-11,13H,12H2,1H3,(H,27,29). The number of thiazole rings is 1. The Morgan fingerprint density at radius 1 is 1.16 bits per heavy atom. The molecule has 1 aliphatic rings. The first-order valence-electron chi connectivity index (χ1n) is 9.73. The maximum atomic E-state index is 13.3. The smallest absolute Gasteiger partial charge is 0.262 e. The molecule has 2 aromatic heterocycles. The van der Waals surface area contributed by atoms with Gasteiger partial charge in [0, 0.05) is 10.9 Å². The van der Waals surface area contributed by atoms with E-state index in [4.69, 9.17) is 9.84 Å². The number of anilines is 1. The summed E-state index contributed by atoms with van der Waals surface area (Å²) in [4.78, 5) is 18.1. The summed E-state index contributed by atoms with van der Waals surface area (Å²) in [5.74, 6) is 0.128. The van der Waals surface area contributed by atoms with Gasteiger partial charge in [0.05, 0.1) is 28.2 Å². The van der Waals surface area contributed by atoms with Gasteiger partial charge in [-0.05, 0) is 66.4 Å². The third kappa shape index (κ3) is 4.12. The number of hydrogen-bond donors (Lipinski definition) is 1. The summed E-state index contributed by atoms with van der Waals surface area (Å²) in [6.45, 7) is 2.04. The molecule has 6 nitrogen and oxygen atoms in total. The van der Waals surface area contributed by atoms with Crippen LogP contribution in [0.3, 0.4) is 0 Å². The summed E-state index contributed by atoms with van der Waals surface area (Å²) >= 11 is 3.03. The van der Waals surface area contributed by atoms with E-state index >= 15 is 0 Å². The number of carbonyl (C=O) groups excluding carboxylic acids is 1. The van der Waals surface area contributed by atoms with Crippen LogP contribution in [-0.4, -0.2) is 23.4 Å². The van der Waals surface area contributed by atoms with Crippen molar-refractivity contribution >= 4 is 46.2 Å². The van der Waals surface area contributed by atoms with E-state index in [1.165, 1.54) is 23.5 Å². The maximum Gasteiger partial charge on any atom is 0.262 e. The van der Waals surface area contributed by atoms with Crippen LogP contribution in [-0.2, 0) is 4.79 Å². The molecule has 0 aliphatic carbocycles. The van der Waals surface area contributed by atoms with E-state index < -0.39 is 0 Å². The van der Waals surface area contributed by atoms with Gasteiger partial charge >= 0.3 is 0 Å². The lowest BCUT2D eigenvalue weighted by Gasteiger charge is -2.18. The number of nitrogens with one attached hydrogen (secondary N) is 1. The van der Waals surface area contributed by atoms with Crippen molar-refractivity contribution in [2.24, 2.45) is 10.1 Å². The van der Waals surface area contributed by atoms with Crippen molar-refractivity contribution in [2.45, 2.75) is 6.92 Å². The van der Waals surface area contributed by atoms with Gasteiger partial charge in [0.1, 0.15) is 11.6 Å². The Hall–Kier alpha value is -3.56. The van der Waals surface area contributed by atoms with Crippen molar-refractivity contribution in [1.29, 1.82) is 0 Å². The van der Waals surface area contributed by atoms with Crippen LogP contribution in [0.5, 0.6) is 5.75 Å². The van der Waals surface area contributed by atoms with Crippen LogP contribution >= 0.6 is 22.7 Å². The molecule has 0 atom stereocenters. The Kier molecular flexibility index (Phi) is 5.42. The number of ether oxygens (including phenoxy) is 1. The van der Waals surface area contributed by atoms with Crippen molar-refractivity contribution < 1.29 is 13.9 Å². The number of halogens is 1. The first-order chi connectivity index (χ1) is 15.6. The second kappa shape index (κ2) is 8.52. The quantitative estimate of drug-likeness (QED) is 0.423. The lowest BCUT2D eigenvalue weighted by Crippen LogP contribution is -2.25. The summed E-state index contributed by atoms with van der Waals surface area (Å²) in [6.07, 6.45) is 1.81. The van der Waals surface area contributed by atoms with E-state index in [1.807, 2.05) is 48.2 Å². The topological polar surface area (TPSA) is 68.0 Å². The molecule has 0 bridgehead atoms. The Balaban J connectivity index is 1.63. The van der Waals surface area contributed by atoms with Gasteiger partial charge in [0.2, 0.25) is 4.80 Å². The zero-order chi connectivity index (χ0) is 22.1. The second-order valence-corrected chi connectivity index (χ2v) is 8.85. The Morgan fingerprint density at radius 3 is 2.78 bits per heavy atom. The molecule has 0 saturated heterocycles. The molecule has 32 heavy (non-hydrogen) atoms. The number of carbonyl (C=O) groups is 1. The van der Waals surface area contributed by atoms with E-state index in [-0.39, 0.29) is 18.3 Å². The molecule has 0 spiro atoms. The van der Waals surface area contributed by atoms with Crippen molar-refractivity contribution in [2.75, 3.05) is 11.9 Å². The average Bonchev–Trinajstić information content (AvgIpc) is 3.39. The average molecular weight is 465 g/mol. The summed E-state index contributed by atoms with van der Waals surface area (Å²) in [6, 6.07) is 13.7. The highest BCUT2D eigenvalue weighted by Crippen LogP contribution is 2.33. The molecule has 5 rings (SSSR count). The largest absolute Gasteiger partial charge is 0.482 e. The van der Waals surface area contributed by atoms with Gasteiger partial charge in [0.25, 0.3) is 5.91 Å². The van der Waals surface area contributed by atoms with Crippen LogP contribution in [0, 0.1) is 12.7 Å². The normalized spacial score (nSPS) is 13.8. The molecule has 1 amide bonds. The van der Waals surface area contributed by atoms with Gasteiger partial charge in [-0.25, -0.2) is 14.1 Å². The highest BCUT2D eigenvalue weighted by atomic mass is 32.1. The van der Waals surface area contributed by atoms with Crippen molar-refractivity contribution in [3.05, 3.63) is 80.4 Å². The van der Waals surface area contributed by atoms with E-state index in [1.54, 1.807) is 28.1 Å². The second-order valence-electron chi connectivity index (χ2n) is 7.06. The van der Waals surface area contributed by atoms with Gasteiger partial charge in [-0.2, -0.15) is 5.10 Å². The number of aryl methyl sites for hydroxylation is 1. The number of rotatable bonds is 4. The molecule has 2 aromatic carbocycles. The van der Waals surface area contributed by atoms with Gasteiger partial charge in [-0.15, -0.1) is 22.7 Å². The molecule has 1 N–H and O–H groups in total. The fourth-order valence-electron chi connectivity index (χ4n) is 3.18. The Morgan fingerprint density at radius 2 is 2.00 bits per heavy atom. The van der Waals surface area contributed by atoms with E-state index in [2.05, 4.69) is 10.3 Å². The third-order valence-electron chi connectivity index (χ3n) is 4.84. The maximum absolute atomic E-state index is 13.3. The molecule has 0 saturated carbocycles. The number of fused-ring (bicyclic) bond motifs is 1. The minimum atomic E-state index is -0.312. The number of hydrogen-bond acceptors (Lipinski definition) is 6. The van der Waals surface area contributed by atoms with Gasteiger partial charge < -0.3 is 10.1 Å². The monoisotopic (exact) mass is 464 g/mol. The predicted octanol–water partition coefficient (Wildman–Crippen LogP) is 5.17. The molecular formula is C23H17FN4O2S2. The predicted molar refractivity (Wildman–Crippen MR) is 126 cm³/mol. The Labute approximate surface area is 191 Å². The minimum Gasteiger partial charge on any atom is -0.482 e. The number of benzene rings is 2. The van der Waals surface area contributed by atoms with Gasteiger partial charge in [-0.3, -0.25) is 4.79 Å². The molecular weight excluding hydrogens is 447 g/mol. The molecule has 0 radical (unpaired) electrons. The summed E-state index contributed by atoms with van der Waals surface area (Å²) in [7, 11) is 0. The van der Waals surface area contributed by atoms with Crippen LogP contribution in [0.1, 0.15) is 10.4 Å². The number of aromatic nitrogens is 1. The molecule has 160 valence electrons. The fourth-order valence-corrected chi connectivity index (χ4v) is 4.82. The molecule has 1 aliphatic heterocycles. The highest BCUT2D eigenvalue weighted by molar-refractivity contribution is 7.11. The van der Waals surface area contributed by atoms with Crippen LogP contribution in [0.2, 0.25) is 0 Å². The molecule has 4 aromatic rings. The van der Waals surface area contributed by atoms with Gasteiger partial charge in [0.15, 0.2) is 6.61 Å². The number of thiophene rings is 1. The van der Waals surface area contributed by atoms with Crippen LogP contribution in [0.25, 0.3) is 11.3 Å². The zero-order valence-corrected chi connectivity index (χ0v) is 18.5. The lowest BCUT2D eigenvalue weighted by molar-refractivity contribution is -0.118. The first kappa shape index (κ1) is 20.3. The molecule has 0 unspecified atom stereocenters. The van der Waals surface area contributed by atoms with E-state index in [9.17, 15) is 9.18 Å². The molecule has 0 fully saturated rings. The summed E-state index contributed by atoms with van der Waals surface area (Å²) < 4.78 is 20.5. The number of nitrogens with zero attached hydrogens (tertiary/aromatic N) is 3. The van der Waals surface area contributed by atoms with Crippen molar-refractivity contribution in [1.82, 2.24) is 4.68 Å². The zero-order valence-electron chi connectivity index (χ0n) is 16.9. The third-order valence-corrected chi connectivity index (χ3v) is 6.61. The van der Waals surface area contributed by atoms with Crippen LogP contribution in [0.4, 0.5) is 15.8 Å².